The zero-order chi connectivity index (χ0) is 32.9. The number of aryl methyl sites for hydroxylation is 4. The van der Waals surface area contributed by atoms with E-state index in [1.165, 1.54) is 7.16 Å². The van der Waals surface area contributed by atoms with Gasteiger partial charge in [-0.1, -0.05) is 0 Å². The second-order valence-corrected chi connectivity index (χ2v) is 15.6. The molecule has 2 aromatic carbocycles. The first-order valence-electron chi connectivity index (χ1n) is 16.2. The summed E-state index contributed by atoms with van der Waals surface area (Å²) in [6.45, 7) is 8.84. The molecule has 0 saturated heterocycles. The number of hydrogen-bond acceptors (Lipinski definition) is 8. The second kappa shape index (κ2) is 22.9. The third kappa shape index (κ3) is 15.1. The van der Waals surface area contributed by atoms with Crippen LogP contribution < -0.4 is 7.16 Å². The minimum atomic E-state index is -1.01. The Labute approximate surface area is 292 Å². The van der Waals surface area contributed by atoms with E-state index in [-0.39, 0.29) is 0 Å². The Balaban J connectivity index is 0.000000407. The van der Waals surface area contributed by atoms with Crippen molar-refractivity contribution in [2.24, 2.45) is 0 Å². The van der Waals surface area contributed by atoms with E-state index < -0.39 is 21.1 Å². The maximum absolute atomic E-state index is 10.8. The van der Waals surface area contributed by atoms with Gasteiger partial charge in [0, 0.05) is 35.1 Å². The van der Waals surface area contributed by atoms with E-state index in [1.54, 1.807) is 36.9 Å². The van der Waals surface area contributed by atoms with E-state index in [2.05, 4.69) is 97.2 Å². The minimum absolute atomic E-state index is 0.405. The van der Waals surface area contributed by atoms with Crippen molar-refractivity contribution in [3.05, 3.63) is 83.4 Å². The molecule has 4 rings (SSSR count). The van der Waals surface area contributed by atoms with Gasteiger partial charge in [0.2, 0.25) is 0 Å². The predicted octanol–water partition coefficient (Wildman–Crippen LogP) is 6.89. The Bertz CT molecular complexity index is 1220. The molecule has 0 bridgehead atoms. The summed E-state index contributed by atoms with van der Waals surface area (Å²) >= 11 is 8.17. The minimum Gasteiger partial charge on any atom is -0.740 e. The van der Waals surface area contributed by atoms with Crippen molar-refractivity contribution in [1.29, 1.82) is 0 Å². The molecule has 2 N–H and O–H groups in total. The van der Waals surface area contributed by atoms with E-state index in [4.69, 9.17) is 0 Å². The van der Waals surface area contributed by atoms with Crippen molar-refractivity contribution in [1.82, 2.24) is 19.9 Å². The molecule has 0 aliphatic carbocycles. The summed E-state index contributed by atoms with van der Waals surface area (Å²) in [5.74, 6) is 1.09. The first-order chi connectivity index (χ1) is 21.8. The summed E-state index contributed by atoms with van der Waals surface area (Å²) in [7, 11) is 0. The van der Waals surface area contributed by atoms with Crippen molar-refractivity contribution in [2.75, 3.05) is 0 Å². The quantitative estimate of drug-likeness (QED) is 0.0819. The Morgan fingerprint density at radius 2 is 0.778 bits per heavy atom. The van der Waals surface area contributed by atoms with Gasteiger partial charge in [-0.25, -0.2) is 0 Å². The van der Waals surface area contributed by atoms with Crippen LogP contribution in [0.1, 0.15) is 101 Å². The summed E-state index contributed by atoms with van der Waals surface area (Å²) in [5, 5.41) is 22.5. The summed E-state index contributed by atoms with van der Waals surface area (Å²) in [4.78, 5) is 14.7. The van der Waals surface area contributed by atoms with Gasteiger partial charge < -0.3 is 25.3 Å². The van der Waals surface area contributed by atoms with Crippen molar-refractivity contribution in [3.8, 4) is 11.5 Å². The van der Waals surface area contributed by atoms with Gasteiger partial charge in [0.15, 0.2) is 0 Å². The molecule has 0 atom stereocenters. The van der Waals surface area contributed by atoms with Gasteiger partial charge in [0.1, 0.15) is 0 Å². The molecule has 45 heavy (non-hydrogen) atoms. The molecule has 0 unspecified atom stereocenters. The monoisotopic (exact) mass is 752 g/mol. The van der Waals surface area contributed by atoms with Crippen LogP contribution in [0.5, 0.6) is 11.5 Å². The number of phenols is 2. The molecule has 4 aromatic rings. The topological polar surface area (TPSA) is 92.0 Å². The number of unbranched alkanes of at least 4 members (excludes halogenated alkanes) is 4. The van der Waals surface area contributed by atoms with Crippen LogP contribution in [0.2, 0.25) is 0 Å². The van der Waals surface area contributed by atoms with Crippen LogP contribution in [-0.4, -0.2) is 51.3 Å². The van der Waals surface area contributed by atoms with Gasteiger partial charge in [-0.05, 0) is 12.1 Å². The van der Waals surface area contributed by atoms with E-state index in [1.807, 2.05) is 0 Å². The van der Waals surface area contributed by atoms with Crippen molar-refractivity contribution >= 4 is 53.6 Å². The third-order valence-electron chi connectivity index (χ3n) is 7.11. The fourth-order valence-electron chi connectivity index (χ4n) is 4.63. The van der Waals surface area contributed by atoms with E-state index in [0.29, 0.717) is 21.8 Å². The van der Waals surface area contributed by atoms with Crippen LogP contribution in [-0.2, 0) is 50.9 Å². The zero-order valence-corrected chi connectivity index (χ0v) is 31.7. The molecule has 9 heteroatoms. The predicted molar refractivity (Wildman–Crippen MR) is 191 cm³/mol. The van der Waals surface area contributed by atoms with E-state index in [0.717, 1.165) is 99.3 Å². The molecule has 0 aliphatic rings. The molecule has 2 heterocycles. The third-order valence-corrected chi connectivity index (χ3v) is 10.8. The van der Waals surface area contributed by atoms with Gasteiger partial charge >= 0.3 is 201 Å². The molecule has 0 spiro atoms. The number of nitrogens with zero attached hydrogens (tertiary/aromatic N) is 4. The Kier molecular flexibility index (Phi) is 19.6. The van der Waals surface area contributed by atoms with Crippen molar-refractivity contribution in [2.45, 2.75) is 115 Å². The molecule has 240 valence electrons. The number of aromatic hydroxyl groups is 2. The maximum Gasteiger partial charge on any atom is 0.0283 e. The van der Waals surface area contributed by atoms with Crippen LogP contribution >= 0.6 is 0 Å². The molecular weight excluding hydrogens is 703 g/mol. The maximum atomic E-state index is 10.8. The number of rotatable bonds is 14. The van der Waals surface area contributed by atoms with Crippen LogP contribution in [0.15, 0.2) is 71.5 Å². The zero-order valence-electron chi connectivity index (χ0n) is 27.3. The second-order valence-electron chi connectivity index (χ2n) is 10.9. The van der Waals surface area contributed by atoms with Crippen LogP contribution in [0.25, 0.3) is 0 Å². The Morgan fingerprint density at radius 3 is 0.978 bits per heavy atom. The van der Waals surface area contributed by atoms with Crippen LogP contribution in [0.4, 0.5) is 0 Å². The van der Waals surface area contributed by atoms with Gasteiger partial charge in [-0.2, -0.15) is 0 Å². The normalized spacial score (nSPS) is 10.2. The smallest absolute Gasteiger partial charge is 0.0283 e. The number of hydrogen-bond donors (Lipinski definition) is 2. The molecule has 0 amide bonds. The van der Waals surface area contributed by atoms with Crippen molar-refractivity contribution in [3.63, 3.8) is 0 Å². The fraction of sp³-hybridized carbons (Fsp3) is 0.444. The number of benzene rings is 2. The van der Waals surface area contributed by atoms with Crippen LogP contribution in [0, 0.1) is 0 Å². The first kappa shape index (κ1) is 38.6. The molecule has 0 fully saturated rings. The summed E-state index contributed by atoms with van der Waals surface area (Å²) in [6, 6.07) is 12.6. The SMILES string of the molecule is CCCCc1c[c]([Sn+2][c]2cc(CCCC)c(O)c(CCCC)c2)cc(CCCC)c1O.[S-]c1ncccn1.[S-]c1ncccn1. The Hall–Kier alpha value is -2.56. The molecule has 0 aliphatic heterocycles. The van der Waals surface area contributed by atoms with Gasteiger partial charge in [0.05, 0.1) is 0 Å². The Morgan fingerprint density at radius 1 is 0.511 bits per heavy atom. The fourth-order valence-corrected chi connectivity index (χ4v) is 8.64. The summed E-state index contributed by atoms with van der Waals surface area (Å²) in [5.41, 5.74) is 4.56. The van der Waals surface area contributed by atoms with Gasteiger partial charge in [-0.15, -0.1) is 0 Å². The van der Waals surface area contributed by atoms with Crippen LogP contribution in [0.3, 0.4) is 0 Å². The average molecular weight is 752 g/mol. The summed E-state index contributed by atoms with van der Waals surface area (Å²) in [6.07, 6.45) is 19.4. The van der Waals surface area contributed by atoms with Gasteiger partial charge in [-0.3, -0.25) is 19.9 Å². The molecule has 6 nitrogen and oxygen atoms in total. The van der Waals surface area contributed by atoms with Gasteiger partial charge in [0.25, 0.3) is 0 Å². The molecule has 2 aromatic heterocycles. The molecular formula is C36H48N4O2S2Sn. The number of phenolic OH excluding ortho intramolecular Hbond substituents is 2. The number of aromatic nitrogens is 4. The van der Waals surface area contributed by atoms with E-state index >= 15 is 0 Å². The molecule has 0 radical (unpaired) electrons. The standard InChI is InChI=1S/2C14H21O.2C4H4N2S.Sn/c2*1-3-5-8-12-10-7-11-13(14(12)15)9-6-4-2;2*7-4-5-2-1-3-6-4;/h2*10-11,15H,3-6,8-9H2,1-2H3;2*1-3H,(H,5,6,7);/q;;;;+2/p-2. The van der Waals surface area contributed by atoms with E-state index in [9.17, 15) is 10.2 Å². The first-order valence-corrected chi connectivity index (χ1v) is 19.8. The largest absolute Gasteiger partial charge is 0.740 e. The van der Waals surface area contributed by atoms with Crippen molar-refractivity contribution < 1.29 is 10.2 Å². The summed E-state index contributed by atoms with van der Waals surface area (Å²) < 4.78 is 2.90. The average Bonchev–Trinajstić information content (AvgIpc) is 3.05. The molecule has 0 saturated carbocycles.